The lowest BCUT2D eigenvalue weighted by Gasteiger charge is -2.35. The van der Waals surface area contributed by atoms with E-state index < -0.39 is 0 Å². The number of amides is 2. The second kappa shape index (κ2) is 8.35. The van der Waals surface area contributed by atoms with Crippen molar-refractivity contribution in [3.63, 3.8) is 0 Å². The lowest BCUT2D eigenvalue weighted by molar-refractivity contribution is -0.128. The number of nitrogens with one attached hydrogen (secondary N) is 2. The number of fused-ring (bicyclic) bond motifs is 1. The predicted molar refractivity (Wildman–Crippen MR) is 108 cm³/mol. The van der Waals surface area contributed by atoms with Gasteiger partial charge in [-0.15, -0.1) is 0 Å². The average molecular weight is 365 g/mol. The van der Waals surface area contributed by atoms with Crippen molar-refractivity contribution >= 4 is 17.5 Å². The highest BCUT2D eigenvalue weighted by Crippen LogP contribution is 2.25. The first-order valence-corrected chi connectivity index (χ1v) is 9.40. The van der Waals surface area contributed by atoms with Crippen LogP contribution in [0.1, 0.15) is 36.5 Å². The third-order valence-corrected chi connectivity index (χ3v) is 5.10. The second-order valence-electron chi connectivity index (χ2n) is 7.30. The molecule has 27 heavy (non-hydrogen) atoms. The van der Waals surface area contributed by atoms with Crippen LogP contribution in [-0.4, -0.2) is 36.3 Å². The fraction of sp³-hybridized carbons (Fsp3) is 0.364. The van der Waals surface area contributed by atoms with Gasteiger partial charge in [0.25, 0.3) is 0 Å². The van der Waals surface area contributed by atoms with Crippen molar-refractivity contribution in [1.82, 2.24) is 10.2 Å². The van der Waals surface area contributed by atoms with E-state index in [-0.39, 0.29) is 24.4 Å². The van der Waals surface area contributed by atoms with Crippen LogP contribution in [0.2, 0.25) is 0 Å². The number of para-hydroxylation sites is 1. The van der Waals surface area contributed by atoms with E-state index in [0.29, 0.717) is 18.9 Å². The van der Waals surface area contributed by atoms with E-state index in [0.717, 1.165) is 11.3 Å². The molecule has 2 aromatic rings. The van der Waals surface area contributed by atoms with E-state index in [2.05, 4.69) is 36.6 Å². The number of nitrogens with zero attached hydrogens (tertiary/aromatic N) is 1. The lowest BCUT2D eigenvalue weighted by Crippen LogP contribution is -2.51. The molecule has 0 bridgehead atoms. The summed E-state index contributed by atoms with van der Waals surface area (Å²) < 4.78 is 0. The van der Waals surface area contributed by atoms with E-state index in [1.54, 1.807) is 7.05 Å². The van der Waals surface area contributed by atoms with Crippen molar-refractivity contribution in [2.24, 2.45) is 0 Å². The monoisotopic (exact) mass is 365 g/mol. The van der Waals surface area contributed by atoms with Gasteiger partial charge in [0.05, 0.1) is 12.6 Å². The van der Waals surface area contributed by atoms with Gasteiger partial charge in [-0.25, -0.2) is 0 Å². The molecule has 1 heterocycles. The highest BCUT2D eigenvalue weighted by Gasteiger charge is 2.32. The Hall–Kier alpha value is -2.66. The van der Waals surface area contributed by atoms with Crippen LogP contribution in [0.25, 0.3) is 0 Å². The van der Waals surface area contributed by atoms with E-state index in [1.807, 2.05) is 41.3 Å². The molecule has 0 fully saturated rings. The summed E-state index contributed by atoms with van der Waals surface area (Å²) in [5.74, 6) is 0.165. The highest BCUT2D eigenvalue weighted by atomic mass is 16.2. The quantitative estimate of drug-likeness (QED) is 0.856. The number of anilines is 1. The highest BCUT2D eigenvalue weighted by molar-refractivity contribution is 5.93. The van der Waals surface area contributed by atoms with E-state index in [9.17, 15) is 9.59 Å². The molecule has 2 aromatic carbocycles. The Kier molecular flexibility index (Phi) is 5.91. The molecule has 3 rings (SSSR count). The summed E-state index contributed by atoms with van der Waals surface area (Å²) in [6.07, 6.45) is 0.617. The van der Waals surface area contributed by atoms with Crippen molar-refractivity contribution in [3.8, 4) is 0 Å². The summed E-state index contributed by atoms with van der Waals surface area (Å²) in [5, 5.41) is 5.76. The van der Waals surface area contributed by atoms with Gasteiger partial charge in [0, 0.05) is 19.3 Å². The Balaban J connectivity index is 1.76. The molecule has 1 aliphatic rings. The number of benzene rings is 2. The van der Waals surface area contributed by atoms with Crippen LogP contribution in [0.3, 0.4) is 0 Å². The van der Waals surface area contributed by atoms with Crippen molar-refractivity contribution in [1.29, 1.82) is 0 Å². The molecule has 0 aliphatic carbocycles. The third kappa shape index (κ3) is 4.37. The molecule has 0 saturated heterocycles. The summed E-state index contributed by atoms with van der Waals surface area (Å²) in [6, 6.07) is 15.6. The number of likely N-dealkylation sites (N-methyl/N-ethyl adjacent to an activating group) is 1. The molecule has 5 heteroatoms. The Morgan fingerprint density at radius 3 is 2.44 bits per heavy atom. The predicted octanol–water partition coefficient (Wildman–Crippen LogP) is 2.92. The van der Waals surface area contributed by atoms with Crippen molar-refractivity contribution < 1.29 is 9.59 Å². The van der Waals surface area contributed by atoms with Crippen LogP contribution < -0.4 is 10.6 Å². The van der Waals surface area contributed by atoms with E-state index in [1.165, 1.54) is 11.1 Å². The van der Waals surface area contributed by atoms with Gasteiger partial charge >= 0.3 is 0 Å². The van der Waals surface area contributed by atoms with Crippen LogP contribution in [-0.2, 0) is 22.6 Å². The molecule has 142 valence electrons. The zero-order chi connectivity index (χ0) is 19.4. The van der Waals surface area contributed by atoms with Crippen LogP contribution in [0, 0.1) is 0 Å². The molecule has 5 nitrogen and oxygen atoms in total. The molecule has 0 unspecified atom stereocenters. The smallest absolute Gasteiger partial charge is 0.238 e. The molecular formula is C22H27N3O2. The Labute approximate surface area is 160 Å². The number of carbonyl (C=O) groups is 2. The minimum Gasteiger partial charge on any atom is -0.358 e. The summed E-state index contributed by atoms with van der Waals surface area (Å²) in [7, 11) is 1.64. The summed E-state index contributed by atoms with van der Waals surface area (Å²) in [4.78, 5) is 27.1. The van der Waals surface area contributed by atoms with Crippen LogP contribution in [0.15, 0.2) is 48.5 Å². The molecular weight excluding hydrogens is 338 g/mol. The largest absolute Gasteiger partial charge is 0.358 e. The van der Waals surface area contributed by atoms with Crippen molar-refractivity contribution in [3.05, 3.63) is 65.2 Å². The molecule has 0 spiro atoms. The maximum atomic E-state index is 12.7. The average Bonchev–Trinajstić information content (AvgIpc) is 2.67. The third-order valence-electron chi connectivity index (χ3n) is 5.10. The summed E-state index contributed by atoms with van der Waals surface area (Å²) in [5.41, 5.74) is 4.30. The van der Waals surface area contributed by atoms with E-state index in [4.69, 9.17) is 0 Å². The first-order valence-electron chi connectivity index (χ1n) is 9.40. The standard InChI is InChI=1S/C22H27N3O2/c1-15(2)18-10-6-7-11-19(18)24-21(26)14-25-13-17-9-5-4-8-16(17)12-20(25)22(27)23-3/h4-11,15,20H,12-14H2,1-3H3,(H,23,27)(H,24,26)/t20-/m0/s1. The second-order valence-corrected chi connectivity index (χ2v) is 7.30. The van der Waals surface area contributed by atoms with Crippen LogP contribution >= 0.6 is 0 Å². The van der Waals surface area contributed by atoms with Crippen LogP contribution in [0.4, 0.5) is 5.69 Å². The van der Waals surface area contributed by atoms with Gasteiger partial charge < -0.3 is 10.6 Å². The molecule has 2 N–H and O–H groups in total. The van der Waals surface area contributed by atoms with Gasteiger partial charge in [-0.1, -0.05) is 56.3 Å². The van der Waals surface area contributed by atoms with Gasteiger partial charge in [0.2, 0.25) is 11.8 Å². The molecule has 1 aliphatic heterocycles. The Bertz CT molecular complexity index is 832. The fourth-order valence-corrected chi connectivity index (χ4v) is 3.66. The summed E-state index contributed by atoms with van der Waals surface area (Å²) in [6.45, 7) is 4.98. The van der Waals surface area contributed by atoms with Crippen molar-refractivity contribution in [2.75, 3.05) is 18.9 Å². The number of rotatable bonds is 5. The summed E-state index contributed by atoms with van der Waals surface area (Å²) >= 11 is 0. The SMILES string of the molecule is CNC(=O)[C@@H]1Cc2ccccc2CN1CC(=O)Nc1ccccc1C(C)C. The molecule has 1 atom stereocenters. The normalized spacial score (nSPS) is 16.7. The first kappa shape index (κ1) is 19.1. The minimum absolute atomic E-state index is 0.0557. The van der Waals surface area contributed by atoms with Gasteiger partial charge in [-0.2, -0.15) is 0 Å². The maximum Gasteiger partial charge on any atom is 0.238 e. The van der Waals surface area contributed by atoms with Gasteiger partial charge in [-0.05, 0) is 35.1 Å². The lowest BCUT2D eigenvalue weighted by atomic mass is 9.93. The zero-order valence-corrected chi connectivity index (χ0v) is 16.2. The maximum absolute atomic E-state index is 12.7. The van der Waals surface area contributed by atoms with Crippen molar-refractivity contribution in [2.45, 2.75) is 38.8 Å². The topological polar surface area (TPSA) is 61.4 Å². The van der Waals surface area contributed by atoms with Crippen LogP contribution in [0.5, 0.6) is 0 Å². The van der Waals surface area contributed by atoms with Gasteiger partial charge in [-0.3, -0.25) is 14.5 Å². The van der Waals surface area contributed by atoms with Gasteiger partial charge in [0.1, 0.15) is 0 Å². The van der Waals surface area contributed by atoms with E-state index >= 15 is 0 Å². The Morgan fingerprint density at radius 2 is 1.74 bits per heavy atom. The number of hydrogen-bond acceptors (Lipinski definition) is 3. The Morgan fingerprint density at radius 1 is 1.07 bits per heavy atom. The first-order chi connectivity index (χ1) is 13.0. The number of hydrogen-bond donors (Lipinski definition) is 2. The molecule has 0 aromatic heterocycles. The fourth-order valence-electron chi connectivity index (χ4n) is 3.66. The molecule has 2 amide bonds. The minimum atomic E-state index is -0.337. The molecule has 0 saturated carbocycles. The van der Waals surface area contributed by atoms with Gasteiger partial charge in [0.15, 0.2) is 0 Å². The zero-order valence-electron chi connectivity index (χ0n) is 16.2. The molecule has 0 radical (unpaired) electrons. The number of carbonyl (C=O) groups excluding carboxylic acids is 2.